The molecule has 0 saturated heterocycles. The number of nitrogens with zero attached hydrogens (tertiary/aromatic N) is 3. The number of thiophene rings is 1. The molecule has 0 spiro atoms. The van der Waals surface area contributed by atoms with Gasteiger partial charge in [0.2, 0.25) is 0 Å². The minimum absolute atomic E-state index is 0.0261. The van der Waals surface area contributed by atoms with Gasteiger partial charge in [0.05, 0.1) is 28.8 Å². The van der Waals surface area contributed by atoms with Crippen LogP contribution in [0, 0.1) is 23.0 Å². The third kappa shape index (κ3) is 4.25. The molecule has 0 aliphatic carbocycles. The third-order valence-corrected chi connectivity index (χ3v) is 6.85. The molecule has 0 aliphatic rings. The Hall–Kier alpha value is -3.75. The topological polar surface area (TPSA) is 111 Å². The number of nitrogen functional groups attached to an aromatic ring is 1. The lowest BCUT2D eigenvalue weighted by molar-refractivity contribution is 0.0531. The quantitative estimate of drug-likeness (QED) is 0.234. The van der Waals surface area contributed by atoms with E-state index < -0.39 is 23.2 Å². The number of halogens is 2. The monoisotopic (exact) mass is 498 g/mol. The first-order chi connectivity index (χ1) is 16.3. The summed E-state index contributed by atoms with van der Waals surface area (Å²) in [7, 11) is 0. The minimum atomic E-state index is -0.939. The number of thioether (sulfide) groups is 1. The van der Waals surface area contributed by atoms with E-state index in [0.29, 0.717) is 17.1 Å². The molecule has 0 bridgehead atoms. The van der Waals surface area contributed by atoms with E-state index in [1.54, 1.807) is 31.2 Å². The number of aromatic nitrogens is 2. The highest BCUT2D eigenvalue weighted by molar-refractivity contribution is 7.98. The molecule has 0 atom stereocenters. The molecular weight excluding hydrogens is 482 g/mol. The summed E-state index contributed by atoms with van der Waals surface area (Å²) in [5, 5.41) is 10.1. The van der Waals surface area contributed by atoms with Crippen LogP contribution in [0.5, 0.6) is 0 Å². The number of esters is 1. The van der Waals surface area contributed by atoms with Gasteiger partial charge in [-0.15, -0.1) is 11.3 Å². The summed E-state index contributed by atoms with van der Waals surface area (Å²) in [6, 6.07) is 11.4. The second kappa shape index (κ2) is 9.62. The van der Waals surface area contributed by atoms with E-state index in [9.17, 15) is 23.6 Å². The average Bonchev–Trinajstić information content (AvgIpc) is 3.14. The predicted octanol–water partition coefficient (Wildman–Crippen LogP) is 4.65. The van der Waals surface area contributed by atoms with Crippen molar-refractivity contribution >= 4 is 45.0 Å². The minimum Gasteiger partial charge on any atom is -0.462 e. The number of anilines is 1. The molecule has 172 valence electrons. The van der Waals surface area contributed by atoms with Crippen LogP contribution in [-0.4, -0.2) is 22.1 Å². The molecule has 0 saturated carbocycles. The van der Waals surface area contributed by atoms with Gasteiger partial charge < -0.3 is 10.5 Å². The molecule has 4 rings (SSSR count). The van der Waals surface area contributed by atoms with Gasteiger partial charge in [0.15, 0.2) is 5.16 Å². The largest absolute Gasteiger partial charge is 0.462 e. The molecule has 7 nitrogen and oxygen atoms in total. The van der Waals surface area contributed by atoms with Crippen LogP contribution < -0.4 is 11.3 Å². The number of carbonyl (C=O) groups excluding carboxylic acids is 1. The van der Waals surface area contributed by atoms with Crippen LogP contribution in [0.15, 0.2) is 52.4 Å². The van der Waals surface area contributed by atoms with Crippen LogP contribution in [0.25, 0.3) is 16.6 Å². The number of carbonyl (C=O) groups is 1. The normalized spacial score (nSPS) is 10.9. The van der Waals surface area contributed by atoms with Crippen LogP contribution in [-0.2, 0) is 10.5 Å². The van der Waals surface area contributed by atoms with Crippen LogP contribution in [0.2, 0.25) is 0 Å². The van der Waals surface area contributed by atoms with Crippen molar-refractivity contribution in [3.05, 3.63) is 80.5 Å². The van der Waals surface area contributed by atoms with Crippen molar-refractivity contribution in [2.75, 3.05) is 12.3 Å². The Morgan fingerprint density at radius 2 is 2.06 bits per heavy atom. The number of para-hydroxylation sites is 1. The number of nitrogens with two attached hydrogens (primary N) is 1. The molecule has 2 N–H and O–H groups in total. The van der Waals surface area contributed by atoms with Crippen LogP contribution in [0.1, 0.15) is 27.7 Å². The van der Waals surface area contributed by atoms with Crippen molar-refractivity contribution in [3.63, 3.8) is 0 Å². The molecule has 0 unspecified atom stereocenters. The Balaban J connectivity index is 1.86. The summed E-state index contributed by atoms with van der Waals surface area (Å²) in [5.41, 5.74) is 6.05. The fourth-order valence-electron chi connectivity index (χ4n) is 3.33. The molecule has 11 heteroatoms. The van der Waals surface area contributed by atoms with Crippen LogP contribution in [0.3, 0.4) is 0 Å². The maximum atomic E-state index is 14.7. The summed E-state index contributed by atoms with van der Waals surface area (Å²) in [6.45, 7) is 1.80. The Labute approximate surface area is 200 Å². The molecule has 2 heterocycles. The Kier molecular flexibility index (Phi) is 6.63. The van der Waals surface area contributed by atoms with E-state index in [1.165, 1.54) is 0 Å². The van der Waals surface area contributed by atoms with Crippen molar-refractivity contribution in [3.8, 4) is 11.8 Å². The summed E-state index contributed by atoms with van der Waals surface area (Å²) < 4.78 is 34.3. The van der Waals surface area contributed by atoms with Gasteiger partial charge in [0, 0.05) is 17.4 Å². The first-order valence-corrected chi connectivity index (χ1v) is 11.7. The predicted molar refractivity (Wildman–Crippen MR) is 126 cm³/mol. The maximum absolute atomic E-state index is 14.7. The molecule has 2 aromatic carbocycles. The second-order valence-electron chi connectivity index (χ2n) is 6.92. The number of hydrogen-bond donors (Lipinski definition) is 1. The fraction of sp³-hybridized carbons (Fsp3) is 0.130. The molecular formula is C23H16F2N4O3S2. The van der Waals surface area contributed by atoms with Gasteiger partial charge in [-0.1, -0.05) is 23.9 Å². The van der Waals surface area contributed by atoms with Crippen LogP contribution in [0.4, 0.5) is 13.8 Å². The van der Waals surface area contributed by atoms with Crippen molar-refractivity contribution in [1.29, 1.82) is 5.26 Å². The lowest BCUT2D eigenvalue weighted by atomic mass is 10.2. The van der Waals surface area contributed by atoms with E-state index in [0.717, 1.165) is 39.8 Å². The van der Waals surface area contributed by atoms with E-state index in [2.05, 4.69) is 4.98 Å². The summed E-state index contributed by atoms with van der Waals surface area (Å²) in [4.78, 5) is 30.4. The fourth-order valence-corrected chi connectivity index (χ4v) is 5.38. The second-order valence-corrected chi connectivity index (χ2v) is 8.91. The number of fused-ring (bicyclic) bond motifs is 1. The van der Waals surface area contributed by atoms with E-state index in [-0.39, 0.29) is 44.0 Å². The van der Waals surface area contributed by atoms with Crippen molar-refractivity contribution < 1.29 is 18.3 Å². The Morgan fingerprint density at radius 1 is 1.29 bits per heavy atom. The number of nitriles is 1. The molecule has 0 aliphatic heterocycles. The Bertz CT molecular complexity index is 1530. The molecule has 4 aromatic rings. The van der Waals surface area contributed by atoms with E-state index in [4.69, 9.17) is 10.5 Å². The van der Waals surface area contributed by atoms with Gasteiger partial charge in [-0.25, -0.2) is 18.6 Å². The lowest BCUT2D eigenvalue weighted by Gasteiger charge is -2.14. The standard InChI is InChI=1S/C23H16F2N4O3S2/c1-2-32-22(31)19-15(14(10-26)20(27)34-19)11-33-23-28-17-6-4-3-5-13(17)21(30)29(23)18-8-7-12(24)9-16(18)25/h3-9H,2,11,27H2,1H3. The smallest absolute Gasteiger partial charge is 0.348 e. The molecule has 0 radical (unpaired) electrons. The van der Waals surface area contributed by atoms with E-state index in [1.807, 2.05) is 6.07 Å². The maximum Gasteiger partial charge on any atom is 0.348 e. The highest BCUT2D eigenvalue weighted by Gasteiger charge is 2.24. The zero-order valence-corrected chi connectivity index (χ0v) is 19.3. The SMILES string of the molecule is CCOC(=O)c1sc(N)c(C#N)c1CSc1nc2ccccc2c(=O)n1-c1ccc(F)cc1F. The first-order valence-electron chi connectivity index (χ1n) is 9.94. The average molecular weight is 499 g/mol. The molecule has 2 aromatic heterocycles. The number of ether oxygens (including phenoxy) is 1. The van der Waals surface area contributed by atoms with Gasteiger partial charge >= 0.3 is 5.97 Å². The summed E-state index contributed by atoms with van der Waals surface area (Å²) >= 11 is 1.95. The lowest BCUT2D eigenvalue weighted by Crippen LogP contribution is -2.22. The third-order valence-electron chi connectivity index (χ3n) is 4.85. The highest BCUT2D eigenvalue weighted by atomic mass is 32.2. The molecule has 0 amide bonds. The summed E-state index contributed by atoms with van der Waals surface area (Å²) in [5.74, 6) is -2.32. The number of rotatable bonds is 6. The first kappa shape index (κ1) is 23.4. The number of benzene rings is 2. The van der Waals surface area contributed by atoms with Crippen molar-refractivity contribution in [1.82, 2.24) is 9.55 Å². The van der Waals surface area contributed by atoms with Gasteiger partial charge in [-0.2, -0.15) is 5.26 Å². The zero-order chi connectivity index (χ0) is 24.4. The van der Waals surface area contributed by atoms with Gasteiger partial charge in [0.25, 0.3) is 5.56 Å². The van der Waals surface area contributed by atoms with Crippen molar-refractivity contribution in [2.24, 2.45) is 0 Å². The van der Waals surface area contributed by atoms with Gasteiger partial charge in [0.1, 0.15) is 27.6 Å². The van der Waals surface area contributed by atoms with Gasteiger partial charge in [-0.05, 0) is 31.2 Å². The molecule has 34 heavy (non-hydrogen) atoms. The van der Waals surface area contributed by atoms with E-state index >= 15 is 0 Å². The summed E-state index contributed by atoms with van der Waals surface area (Å²) in [6.07, 6.45) is 0. The van der Waals surface area contributed by atoms with Crippen molar-refractivity contribution in [2.45, 2.75) is 17.8 Å². The van der Waals surface area contributed by atoms with Crippen LogP contribution >= 0.6 is 23.1 Å². The van der Waals surface area contributed by atoms with Gasteiger partial charge in [-0.3, -0.25) is 9.36 Å². The number of hydrogen-bond acceptors (Lipinski definition) is 8. The Morgan fingerprint density at radius 3 is 2.76 bits per heavy atom. The molecule has 0 fully saturated rings. The zero-order valence-electron chi connectivity index (χ0n) is 17.7. The highest BCUT2D eigenvalue weighted by Crippen LogP contribution is 2.36.